The second-order valence-electron chi connectivity index (χ2n) is 5.43. The van der Waals surface area contributed by atoms with E-state index in [2.05, 4.69) is 19.1 Å². The number of carboxylic acid groups (broad SMARTS) is 1. The summed E-state index contributed by atoms with van der Waals surface area (Å²) in [6, 6.07) is 8.08. The molecule has 0 saturated heterocycles. The Morgan fingerprint density at radius 3 is 2.50 bits per heavy atom. The third kappa shape index (κ3) is 6.06. The smallest absolute Gasteiger partial charge is 0.303 e. The third-order valence-corrected chi connectivity index (χ3v) is 3.62. The lowest BCUT2D eigenvalue weighted by molar-refractivity contribution is -0.138. The molecule has 0 amide bonds. The van der Waals surface area contributed by atoms with Gasteiger partial charge in [-0.05, 0) is 55.3 Å². The summed E-state index contributed by atoms with van der Waals surface area (Å²) in [5, 5.41) is 8.82. The molecular weight excluding hydrogens is 254 g/mol. The second-order valence-corrected chi connectivity index (χ2v) is 5.43. The van der Waals surface area contributed by atoms with E-state index >= 15 is 0 Å². The normalized spacial score (nSPS) is 13.8. The lowest BCUT2D eigenvalue weighted by Crippen LogP contribution is -2.20. The van der Waals surface area contributed by atoms with E-state index in [-0.39, 0.29) is 12.3 Å². The van der Waals surface area contributed by atoms with Gasteiger partial charge in [-0.3, -0.25) is 4.79 Å². The number of carboxylic acids is 1. The molecule has 0 fully saturated rings. The molecular formula is C16H25NO3. The van der Waals surface area contributed by atoms with Crippen molar-refractivity contribution in [2.45, 2.75) is 32.6 Å². The van der Waals surface area contributed by atoms with Gasteiger partial charge in [0.15, 0.2) is 0 Å². The SMILES string of the molecule is COc1ccc(CCC(C)CC(CN)CC(=O)O)cc1. The monoisotopic (exact) mass is 279 g/mol. The third-order valence-electron chi connectivity index (χ3n) is 3.62. The maximum absolute atomic E-state index is 10.7. The van der Waals surface area contributed by atoms with Gasteiger partial charge in [-0.2, -0.15) is 0 Å². The van der Waals surface area contributed by atoms with Gasteiger partial charge >= 0.3 is 5.97 Å². The van der Waals surface area contributed by atoms with Crippen LogP contribution in [0.15, 0.2) is 24.3 Å². The number of carbonyl (C=O) groups is 1. The zero-order chi connectivity index (χ0) is 15.0. The van der Waals surface area contributed by atoms with Crippen molar-refractivity contribution in [3.05, 3.63) is 29.8 Å². The topological polar surface area (TPSA) is 72.5 Å². The largest absolute Gasteiger partial charge is 0.497 e. The first-order chi connectivity index (χ1) is 9.55. The minimum atomic E-state index is -0.761. The molecule has 0 heterocycles. The van der Waals surface area contributed by atoms with Gasteiger partial charge in [0.25, 0.3) is 0 Å². The molecule has 0 aliphatic heterocycles. The molecule has 112 valence electrons. The number of nitrogens with two attached hydrogens (primary N) is 1. The molecule has 0 aliphatic rings. The maximum atomic E-state index is 10.7. The van der Waals surface area contributed by atoms with E-state index in [4.69, 9.17) is 15.6 Å². The molecule has 2 atom stereocenters. The fourth-order valence-corrected chi connectivity index (χ4v) is 2.40. The number of ether oxygens (including phenoxy) is 1. The molecule has 2 unspecified atom stereocenters. The van der Waals surface area contributed by atoms with Crippen molar-refractivity contribution in [3.63, 3.8) is 0 Å². The van der Waals surface area contributed by atoms with Crippen molar-refractivity contribution >= 4 is 5.97 Å². The number of rotatable bonds is 9. The van der Waals surface area contributed by atoms with Gasteiger partial charge in [0.2, 0.25) is 0 Å². The van der Waals surface area contributed by atoms with Crippen molar-refractivity contribution in [1.29, 1.82) is 0 Å². The van der Waals surface area contributed by atoms with Crippen molar-refractivity contribution in [3.8, 4) is 5.75 Å². The lowest BCUT2D eigenvalue weighted by atomic mass is 9.89. The van der Waals surface area contributed by atoms with Crippen LogP contribution in [0.4, 0.5) is 0 Å². The van der Waals surface area contributed by atoms with Crippen molar-refractivity contribution in [1.82, 2.24) is 0 Å². The van der Waals surface area contributed by atoms with Crippen LogP contribution in [0.5, 0.6) is 5.75 Å². The van der Waals surface area contributed by atoms with E-state index in [1.54, 1.807) is 7.11 Å². The molecule has 0 radical (unpaired) electrons. The van der Waals surface area contributed by atoms with Crippen LogP contribution in [0.25, 0.3) is 0 Å². The summed E-state index contributed by atoms with van der Waals surface area (Å²) in [5.41, 5.74) is 6.91. The lowest BCUT2D eigenvalue weighted by Gasteiger charge is -2.18. The molecule has 0 aliphatic carbocycles. The standard InChI is InChI=1S/C16H25NO3/c1-12(9-14(11-17)10-16(18)19)3-4-13-5-7-15(20-2)8-6-13/h5-8,12,14H,3-4,9-11,17H2,1-2H3,(H,18,19). The number of hydrogen-bond donors (Lipinski definition) is 2. The second kappa shape index (κ2) is 8.59. The first kappa shape index (κ1) is 16.5. The van der Waals surface area contributed by atoms with Gasteiger partial charge in [0.1, 0.15) is 5.75 Å². The Labute approximate surface area is 120 Å². The average molecular weight is 279 g/mol. The molecule has 1 aromatic rings. The minimum Gasteiger partial charge on any atom is -0.497 e. The quantitative estimate of drug-likeness (QED) is 0.729. The first-order valence-corrected chi connectivity index (χ1v) is 7.10. The van der Waals surface area contributed by atoms with Gasteiger partial charge in [0, 0.05) is 6.42 Å². The molecule has 4 nitrogen and oxygen atoms in total. The predicted molar refractivity (Wildman–Crippen MR) is 79.9 cm³/mol. The number of benzene rings is 1. The van der Waals surface area contributed by atoms with E-state index in [0.717, 1.165) is 25.0 Å². The molecule has 0 saturated carbocycles. The van der Waals surface area contributed by atoms with E-state index in [0.29, 0.717) is 12.5 Å². The van der Waals surface area contributed by atoms with Crippen LogP contribution in [0.2, 0.25) is 0 Å². The van der Waals surface area contributed by atoms with Crippen molar-refractivity contribution in [2.24, 2.45) is 17.6 Å². The van der Waals surface area contributed by atoms with Crippen LogP contribution in [-0.4, -0.2) is 24.7 Å². The van der Waals surface area contributed by atoms with E-state index in [1.807, 2.05) is 12.1 Å². The summed E-state index contributed by atoms with van der Waals surface area (Å²) in [6.07, 6.45) is 3.08. The van der Waals surface area contributed by atoms with Gasteiger partial charge in [-0.25, -0.2) is 0 Å². The Morgan fingerprint density at radius 2 is 2.00 bits per heavy atom. The fraction of sp³-hybridized carbons (Fsp3) is 0.562. The average Bonchev–Trinajstić information content (AvgIpc) is 2.44. The highest BCUT2D eigenvalue weighted by molar-refractivity contribution is 5.67. The summed E-state index contributed by atoms with van der Waals surface area (Å²) in [4.78, 5) is 10.7. The van der Waals surface area contributed by atoms with Crippen LogP contribution in [-0.2, 0) is 11.2 Å². The first-order valence-electron chi connectivity index (χ1n) is 7.10. The maximum Gasteiger partial charge on any atom is 0.303 e. The van der Waals surface area contributed by atoms with Crippen LogP contribution in [0.3, 0.4) is 0 Å². The zero-order valence-corrected chi connectivity index (χ0v) is 12.3. The molecule has 0 spiro atoms. The Kier molecular flexibility index (Phi) is 7.09. The molecule has 4 heteroatoms. The summed E-state index contributed by atoms with van der Waals surface area (Å²) >= 11 is 0. The summed E-state index contributed by atoms with van der Waals surface area (Å²) in [5.74, 6) is 0.664. The summed E-state index contributed by atoms with van der Waals surface area (Å²) in [6.45, 7) is 2.60. The van der Waals surface area contributed by atoms with Crippen molar-refractivity contribution < 1.29 is 14.6 Å². The number of hydrogen-bond acceptors (Lipinski definition) is 3. The zero-order valence-electron chi connectivity index (χ0n) is 12.3. The Morgan fingerprint density at radius 1 is 1.35 bits per heavy atom. The number of aryl methyl sites for hydroxylation is 1. The van der Waals surface area contributed by atoms with Crippen LogP contribution in [0.1, 0.15) is 31.7 Å². The molecule has 0 aromatic heterocycles. The number of methoxy groups -OCH3 is 1. The Balaban J connectivity index is 2.37. The molecule has 3 N–H and O–H groups in total. The van der Waals surface area contributed by atoms with Gasteiger partial charge < -0.3 is 15.6 Å². The van der Waals surface area contributed by atoms with Gasteiger partial charge in [0.05, 0.1) is 7.11 Å². The van der Waals surface area contributed by atoms with Gasteiger partial charge in [-0.1, -0.05) is 19.1 Å². The van der Waals surface area contributed by atoms with E-state index < -0.39 is 5.97 Å². The fourth-order valence-electron chi connectivity index (χ4n) is 2.40. The van der Waals surface area contributed by atoms with E-state index in [9.17, 15) is 4.79 Å². The van der Waals surface area contributed by atoms with E-state index in [1.165, 1.54) is 5.56 Å². The summed E-state index contributed by atoms with van der Waals surface area (Å²) < 4.78 is 5.13. The van der Waals surface area contributed by atoms with Crippen molar-refractivity contribution in [2.75, 3.05) is 13.7 Å². The molecule has 1 rings (SSSR count). The highest BCUT2D eigenvalue weighted by atomic mass is 16.5. The molecule has 1 aromatic carbocycles. The molecule has 0 bridgehead atoms. The van der Waals surface area contributed by atoms with Gasteiger partial charge in [-0.15, -0.1) is 0 Å². The minimum absolute atomic E-state index is 0.0818. The predicted octanol–water partition coefficient (Wildman–Crippen LogP) is 2.70. The highest BCUT2D eigenvalue weighted by Crippen LogP contribution is 2.20. The van der Waals surface area contributed by atoms with Crippen LogP contribution in [0, 0.1) is 11.8 Å². The Hall–Kier alpha value is -1.55. The Bertz CT molecular complexity index is 403. The highest BCUT2D eigenvalue weighted by Gasteiger charge is 2.15. The molecule has 20 heavy (non-hydrogen) atoms. The van der Waals surface area contributed by atoms with Crippen LogP contribution >= 0.6 is 0 Å². The van der Waals surface area contributed by atoms with Crippen LogP contribution < -0.4 is 10.5 Å². The summed E-state index contributed by atoms with van der Waals surface area (Å²) in [7, 11) is 1.66. The number of aliphatic carboxylic acids is 1.